The Labute approximate surface area is 244 Å². The van der Waals surface area contributed by atoms with E-state index in [2.05, 4.69) is 5.32 Å². The number of piperidine rings is 1. The number of nitrogens with one attached hydrogen (secondary N) is 1. The molecule has 1 aliphatic heterocycles. The topological polar surface area (TPSA) is 84.9 Å². The molecule has 3 rings (SSSR count). The standard InChI is InChI=1S/C29H34Cl2N2O5S/c1-4-38-27(36)17-19(2)16-25(34)32-21-8-7-15-33(18-21)26(35)14-12-20-11-13-24(29(31)28(20)30)39-23-10-6-5-9-22(23)37-3/h5-6,9-14,19,21H,4,7-8,15-18H2,1-3H3,(H,32,34)/b14-12+. The van der Waals surface area contributed by atoms with Crippen molar-refractivity contribution in [3.8, 4) is 5.75 Å². The van der Waals surface area contributed by atoms with Crippen LogP contribution < -0.4 is 10.1 Å². The quantitative estimate of drug-likeness (QED) is 0.245. The summed E-state index contributed by atoms with van der Waals surface area (Å²) in [6, 6.07) is 11.2. The second-order valence-electron chi connectivity index (χ2n) is 9.38. The van der Waals surface area contributed by atoms with Crippen molar-refractivity contribution in [2.75, 3.05) is 26.8 Å². The van der Waals surface area contributed by atoms with E-state index in [-0.39, 0.29) is 42.6 Å². The fourth-order valence-corrected chi connectivity index (χ4v) is 5.85. The molecule has 0 aromatic heterocycles. The van der Waals surface area contributed by atoms with Crippen molar-refractivity contribution in [2.24, 2.45) is 5.92 Å². The van der Waals surface area contributed by atoms with Crippen LogP contribution in [0.15, 0.2) is 52.3 Å². The highest BCUT2D eigenvalue weighted by molar-refractivity contribution is 7.99. The number of esters is 1. The van der Waals surface area contributed by atoms with Gasteiger partial charge in [-0.2, -0.15) is 0 Å². The number of benzene rings is 2. The van der Waals surface area contributed by atoms with Crippen LogP contribution in [0.4, 0.5) is 0 Å². The van der Waals surface area contributed by atoms with E-state index in [9.17, 15) is 14.4 Å². The van der Waals surface area contributed by atoms with Crippen molar-refractivity contribution in [1.29, 1.82) is 0 Å². The maximum Gasteiger partial charge on any atom is 0.306 e. The molecule has 210 valence electrons. The zero-order chi connectivity index (χ0) is 28.4. The molecule has 2 aromatic rings. The van der Waals surface area contributed by atoms with Gasteiger partial charge in [-0.3, -0.25) is 14.4 Å². The Morgan fingerprint density at radius 3 is 2.64 bits per heavy atom. The van der Waals surface area contributed by atoms with E-state index < -0.39 is 0 Å². The predicted octanol–water partition coefficient (Wildman–Crippen LogP) is 6.25. The number of carbonyl (C=O) groups is 3. The minimum absolute atomic E-state index is 0.121. The lowest BCUT2D eigenvalue weighted by atomic mass is 10.0. The van der Waals surface area contributed by atoms with Gasteiger partial charge in [-0.05, 0) is 55.5 Å². The molecule has 2 amide bonds. The minimum Gasteiger partial charge on any atom is -0.496 e. The zero-order valence-electron chi connectivity index (χ0n) is 22.4. The number of amides is 2. The van der Waals surface area contributed by atoms with Gasteiger partial charge in [0.25, 0.3) is 0 Å². The number of para-hydroxylation sites is 1. The van der Waals surface area contributed by atoms with Gasteiger partial charge in [-0.15, -0.1) is 0 Å². The molecule has 0 radical (unpaired) electrons. The number of methoxy groups -OCH3 is 1. The largest absolute Gasteiger partial charge is 0.496 e. The highest BCUT2D eigenvalue weighted by Gasteiger charge is 2.24. The van der Waals surface area contributed by atoms with Crippen molar-refractivity contribution >= 4 is 58.8 Å². The fraction of sp³-hybridized carbons (Fsp3) is 0.414. The normalized spacial score (nSPS) is 16.1. The maximum atomic E-state index is 12.9. The molecule has 0 saturated carbocycles. The first-order valence-corrected chi connectivity index (χ1v) is 14.5. The fourth-order valence-electron chi connectivity index (χ4n) is 4.32. The highest BCUT2D eigenvalue weighted by Crippen LogP contribution is 2.42. The van der Waals surface area contributed by atoms with Crippen molar-refractivity contribution in [3.05, 3.63) is 58.1 Å². The van der Waals surface area contributed by atoms with Gasteiger partial charge in [0, 0.05) is 42.9 Å². The van der Waals surface area contributed by atoms with E-state index in [1.165, 1.54) is 17.8 Å². The summed E-state index contributed by atoms with van der Waals surface area (Å²) in [6.45, 7) is 4.96. The minimum atomic E-state index is -0.301. The third-order valence-corrected chi connectivity index (χ3v) is 8.35. The third-order valence-electron chi connectivity index (χ3n) is 6.22. The maximum absolute atomic E-state index is 12.9. The Balaban J connectivity index is 1.56. The van der Waals surface area contributed by atoms with Gasteiger partial charge >= 0.3 is 5.97 Å². The molecule has 1 N–H and O–H groups in total. The Hall–Kier alpha value is -2.68. The monoisotopic (exact) mass is 592 g/mol. The van der Waals surface area contributed by atoms with Gasteiger partial charge in [0.05, 0.1) is 28.7 Å². The number of nitrogens with zero attached hydrogens (tertiary/aromatic N) is 1. The smallest absolute Gasteiger partial charge is 0.306 e. The second kappa shape index (κ2) is 15.2. The van der Waals surface area contributed by atoms with Crippen LogP contribution >= 0.6 is 35.0 Å². The summed E-state index contributed by atoms with van der Waals surface area (Å²) in [5.74, 6) is 0.0273. The molecule has 10 heteroatoms. The molecule has 0 spiro atoms. The molecular weight excluding hydrogens is 559 g/mol. The molecule has 1 aliphatic rings. The van der Waals surface area contributed by atoms with Crippen LogP contribution in [0.5, 0.6) is 5.75 Å². The molecule has 1 heterocycles. The molecule has 0 bridgehead atoms. The summed E-state index contributed by atoms with van der Waals surface area (Å²) >= 11 is 14.6. The van der Waals surface area contributed by atoms with Gasteiger partial charge in [-0.25, -0.2) is 0 Å². The summed E-state index contributed by atoms with van der Waals surface area (Å²) in [5, 5.41) is 3.77. The average Bonchev–Trinajstić information content (AvgIpc) is 2.91. The summed E-state index contributed by atoms with van der Waals surface area (Å²) in [4.78, 5) is 40.4. The summed E-state index contributed by atoms with van der Waals surface area (Å²) < 4.78 is 10.4. The van der Waals surface area contributed by atoms with Gasteiger partial charge in [0.15, 0.2) is 0 Å². The Morgan fingerprint density at radius 2 is 1.90 bits per heavy atom. The van der Waals surface area contributed by atoms with Crippen LogP contribution in [0.3, 0.4) is 0 Å². The SMILES string of the molecule is CCOC(=O)CC(C)CC(=O)NC1CCCN(C(=O)/C=C/c2ccc(Sc3ccccc3OC)c(Cl)c2Cl)C1. The molecule has 39 heavy (non-hydrogen) atoms. The zero-order valence-corrected chi connectivity index (χ0v) is 24.7. The number of hydrogen-bond donors (Lipinski definition) is 1. The van der Waals surface area contributed by atoms with E-state index in [4.69, 9.17) is 32.7 Å². The van der Waals surface area contributed by atoms with Gasteiger partial charge in [0.1, 0.15) is 5.75 Å². The van der Waals surface area contributed by atoms with E-state index in [0.29, 0.717) is 35.3 Å². The predicted molar refractivity (Wildman–Crippen MR) is 155 cm³/mol. The molecular formula is C29H34Cl2N2O5S. The number of rotatable bonds is 11. The number of hydrogen-bond acceptors (Lipinski definition) is 6. The van der Waals surface area contributed by atoms with E-state index in [1.807, 2.05) is 43.3 Å². The second-order valence-corrected chi connectivity index (χ2v) is 11.2. The van der Waals surface area contributed by atoms with E-state index in [1.54, 1.807) is 25.0 Å². The van der Waals surface area contributed by atoms with E-state index >= 15 is 0 Å². The highest BCUT2D eigenvalue weighted by atomic mass is 35.5. The molecule has 7 nitrogen and oxygen atoms in total. The van der Waals surface area contributed by atoms with Crippen LogP contribution in [0, 0.1) is 5.92 Å². The average molecular weight is 594 g/mol. The van der Waals surface area contributed by atoms with E-state index in [0.717, 1.165) is 28.4 Å². The van der Waals surface area contributed by atoms with Crippen molar-refractivity contribution < 1.29 is 23.9 Å². The molecule has 1 fully saturated rings. The summed E-state index contributed by atoms with van der Waals surface area (Å²) in [6.07, 6.45) is 5.15. The first-order valence-electron chi connectivity index (χ1n) is 12.9. The lowest BCUT2D eigenvalue weighted by Crippen LogP contribution is -2.49. The van der Waals surface area contributed by atoms with Crippen LogP contribution in [0.1, 0.15) is 45.1 Å². The van der Waals surface area contributed by atoms with Crippen LogP contribution in [0.25, 0.3) is 6.08 Å². The Morgan fingerprint density at radius 1 is 1.13 bits per heavy atom. The van der Waals surface area contributed by atoms with Crippen LogP contribution in [-0.4, -0.2) is 55.5 Å². The molecule has 0 aliphatic carbocycles. The first-order chi connectivity index (χ1) is 18.7. The third kappa shape index (κ3) is 9.19. The number of halogens is 2. The van der Waals surface area contributed by atoms with Gasteiger partial charge < -0.3 is 19.7 Å². The number of likely N-dealkylation sites (tertiary alicyclic amines) is 1. The lowest BCUT2D eigenvalue weighted by molar-refractivity contribution is -0.144. The van der Waals surface area contributed by atoms with Gasteiger partial charge in [0.2, 0.25) is 11.8 Å². The number of ether oxygens (including phenoxy) is 2. The number of carbonyl (C=O) groups excluding carboxylic acids is 3. The molecule has 2 unspecified atom stereocenters. The van der Waals surface area contributed by atoms with Crippen molar-refractivity contribution in [1.82, 2.24) is 10.2 Å². The lowest BCUT2D eigenvalue weighted by Gasteiger charge is -2.32. The summed E-state index contributed by atoms with van der Waals surface area (Å²) in [7, 11) is 1.62. The molecule has 2 aromatic carbocycles. The Kier molecular flexibility index (Phi) is 12.0. The van der Waals surface area contributed by atoms with Crippen LogP contribution in [0.2, 0.25) is 10.0 Å². The van der Waals surface area contributed by atoms with Gasteiger partial charge in [-0.1, -0.05) is 60.1 Å². The molecule has 1 saturated heterocycles. The Bertz CT molecular complexity index is 1210. The summed E-state index contributed by atoms with van der Waals surface area (Å²) in [5.41, 5.74) is 0.636. The van der Waals surface area contributed by atoms with Crippen LogP contribution in [-0.2, 0) is 19.1 Å². The molecule has 2 atom stereocenters. The van der Waals surface area contributed by atoms with Crippen molar-refractivity contribution in [2.45, 2.75) is 55.4 Å². The first kappa shape index (κ1) is 30.9. The van der Waals surface area contributed by atoms with Crippen molar-refractivity contribution in [3.63, 3.8) is 0 Å².